The summed E-state index contributed by atoms with van der Waals surface area (Å²) in [4.78, 5) is 42.6. The van der Waals surface area contributed by atoms with Crippen LogP contribution >= 0.6 is 23.5 Å². The van der Waals surface area contributed by atoms with Crippen LogP contribution in [0.15, 0.2) is 35.2 Å². The van der Waals surface area contributed by atoms with Crippen LogP contribution in [0.5, 0.6) is 0 Å². The molecule has 2 heterocycles. The topological polar surface area (TPSA) is 92.3 Å². The number of thioether (sulfide) groups is 2. The molecule has 1 aromatic rings. The first-order valence-corrected chi connectivity index (χ1v) is 7.61. The number of imide groups is 2. The van der Waals surface area contributed by atoms with Gasteiger partial charge in [-0.2, -0.15) is 0 Å². The van der Waals surface area contributed by atoms with Gasteiger partial charge < -0.3 is 0 Å². The summed E-state index contributed by atoms with van der Waals surface area (Å²) in [5.74, 6) is -0.211. The second-order valence-corrected chi connectivity index (χ2v) is 5.85. The fourth-order valence-electron chi connectivity index (χ4n) is 1.44. The monoisotopic (exact) mass is 322 g/mol. The maximum Gasteiger partial charge on any atom is 0.290 e. The van der Waals surface area contributed by atoms with E-state index in [1.165, 1.54) is 0 Å². The van der Waals surface area contributed by atoms with Crippen LogP contribution in [0.1, 0.15) is 5.56 Å². The van der Waals surface area contributed by atoms with Crippen LogP contribution in [-0.4, -0.2) is 28.0 Å². The molecule has 2 N–H and O–H groups in total. The van der Waals surface area contributed by atoms with E-state index in [4.69, 9.17) is 0 Å². The lowest BCUT2D eigenvalue weighted by Crippen LogP contribution is -2.18. The molecule has 2 aliphatic heterocycles. The van der Waals surface area contributed by atoms with Gasteiger partial charge in [-0.1, -0.05) is 42.1 Å². The van der Waals surface area contributed by atoms with E-state index in [-0.39, 0.29) is 22.3 Å². The third-order valence-corrected chi connectivity index (χ3v) is 3.90. The molecule has 8 heteroatoms. The van der Waals surface area contributed by atoms with E-state index in [2.05, 4.69) is 10.6 Å². The van der Waals surface area contributed by atoms with Crippen LogP contribution in [0.2, 0.25) is 0 Å². The molecule has 0 aliphatic carbocycles. The summed E-state index contributed by atoms with van der Waals surface area (Å²) in [6.07, 6.45) is 1.70. The van der Waals surface area contributed by atoms with Gasteiger partial charge in [-0.15, -0.1) is 0 Å². The first-order chi connectivity index (χ1) is 10.0. The largest absolute Gasteiger partial charge is 0.290 e. The minimum Gasteiger partial charge on any atom is -0.286 e. The number of carbonyl (C=O) groups is 4. The van der Waals surface area contributed by atoms with E-state index in [1.54, 1.807) is 6.08 Å². The molecule has 0 radical (unpaired) electrons. The highest BCUT2D eigenvalue weighted by Gasteiger charge is 2.24. The summed E-state index contributed by atoms with van der Waals surface area (Å²) < 4.78 is 0. The van der Waals surface area contributed by atoms with Gasteiger partial charge in [0.25, 0.3) is 16.4 Å². The molecule has 1 aromatic carbocycles. The fraction of sp³-hybridized carbons (Fsp3) is 0.0769. The number of amides is 4. The zero-order chi connectivity index (χ0) is 15.2. The van der Waals surface area contributed by atoms with Crippen molar-refractivity contribution < 1.29 is 19.2 Å². The predicted octanol–water partition coefficient (Wildman–Crippen LogP) is 1.98. The highest BCUT2D eigenvalue weighted by molar-refractivity contribution is 8.18. The van der Waals surface area contributed by atoms with Crippen LogP contribution < -0.4 is 10.6 Å². The van der Waals surface area contributed by atoms with E-state index in [0.717, 1.165) is 29.1 Å². The Labute approximate surface area is 128 Å². The van der Waals surface area contributed by atoms with Gasteiger partial charge >= 0.3 is 0 Å². The zero-order valence-corrected chi connectivity index (χ0v) is 12.3. The summed E-state index contributed by atoms with van der Waals surface area (Å²) in [6, 6.07) is 9.42. The lowest BCUT2D eigenvalue weighted by Gasteiger charge is -1.92. The molecule has 4 amide bonds. The summed E-state index contributed by atoms with van der Waals surface area (Å²) in [6.45, 7) is 0. The molecule has 21 heavy (non-hydrogen) atoms. The molecule has 0 aromatic heterocycles. The Morgan fingerprint density at radius 3 is 2.10 bits per heavy atom. The van der Waals surface area contributed by atoms with Gasteiger partial charge in [0.15, 0.2) is 0 Å². The maximum atomic E-state index is 11.2. The molecule has 108 valence electrons. The molecule has 3 rings (SSSR count). The molecule has 6 nitrogen and oxygen atoms in total. The standard InChI is InChI=1S/C10H7NO2S.C3H3NO2S/c12-9-8(14-10(13)11-9)6-7-4-2-1-3-5-7;5-2-1-7-3(6)4-2/h1-6H,(H,11,12,13);1H2,(H,4,5,6). The Bertz CT molecular complexity index is 614. The van der Waals surface area contributed by atoms with Crippen LogP contribution in [0.25, 0.3) is 6.08 Å². The molecule has 0 bridgehead atoms. The number of hydrogen-bond donors (Lipinski definition) is 2. The second kappa shape index (κ2) is 7.09. The van der Waals surface area contributed by atoms with Crippen LogP contribution in [0.3, 0.4) is 0 Å². The maximum absolute atomic E-state index is 11.2. The third kappa shape index (κ3) is 4.76. The third-order valence-electron chi connectivity index (χ3n) is 2.32. The van der Waals surface area contributed by atoms with Gasteiger partial charge in [-0.05, 0) is 23.4 Å². The normalized spacial score (nSPS) is 19.1. The summed E-state index contributed by atoms with van der Waals surface area (Å²) in [5, 5.41) is 3.77. The lowest BCUT2D eigenvalue weighted by atomic mass is 10.2. The molecule has 2 fully saturated rings. The van der Waals surface area contributed by atoms with Crippen LogP contribution in [-0.2, 0) is 9.59 Å². The Morgan fingerprint density at radius 1 is 0.952 bits per heavy atom. The van der Waals surface area contributed by atoms with Gasteiger partial charge in [0.2, 0.25) is 5.91 Å². The highest BCUT2D eigenvalue weighted by atomic mass is 32.2. The molecule has 0 atom stereocenters. The van der Waals surface area contributed by atoms with E-state index in [9.17, 15) is 19.2 Å². The Kier molecular flexibility index (Phi) is 5.18. The minimum absolute atomic E-state index is 0.185. The molecule has 2 aliphatic rings. The van der Waals surface area contributed by atoms with Crippen molar-refractivity contribution in [2.75, 3.05) is 5.75 Å². The van der Waals surface area contributed by atoms with Crippen molar-refractivity contribution in [2.45, 2.75) is 0 Å². The van der Waals surface area contributed by atoms with Gasteiger partial charge in [0.1, 0.15) is 0 Å². The zero-order valence-electron chi connectivity index (χ0n) is 10.6. The van der Waals surface area contributed by atoms with E-state index < -0.39 is 0 Å². The van der Waals surface area contributed by atoms with Crippen LogP contribution in [0, 0.1) is 0 Å². The number of nitrogens with one attached hydrogen (secondary N) is 2. The van der Waals surface area contributed by atoms with Crippen molar-refractivity contribution in [3.8, 4) is 0 Å². The van der Waals surface area contributed by atoms with Gasteiger partial charge in [-0.3, -0.25) is 29.8 Å². The van der Waals surface area contributed by atoms with Crippen molar-refractivity contribution in [2.24, 2.45) is 0 Å². The van der Waals surface area contributed by atoms with Gasteiger partial charge in [-0.25, -0.2) is 0 Å². The Hall–Kier alpha value is -2.06. The molecule has 2 saturated heterocycles. The first-order valence-electron chi connectivity index (χ1n) is 5.81. The SMILES string of the molecule is O=C1CSC(=O)N1.O=C1NC(=O)C(=Cc2ccccc2)S1. The van der Waals surface area contributed by atoms with Crippen LogP contribution in [0.4, 0.5) is 9.59 Å². The smallest absolute Gasteiger partial charge is 0.286 e. The average molecular weight is 322 g/mol. The molecular formula is C13H10N2O4S2. The summed E-state index contributed by atoms with van der Waals surface area (Å²) in [7, 11) is 0. The van der Waals surface area contributed by atoms with Crippen molar-refractivity contribution in [1.82, 2.24) is 10.6 Å². The molecule has 0 spiro atoms. The molecular weight excluding hydrogens is 312 g/mol. The predicted molar refractivity (Wildman–Crippen MR) is 81.5 cm³/mol. The minimum atomic E-state index is -0.316. The van der Waals surface area contributed by atoms with Gasteiger partial charge in [0, 0.05) is 0 Å². The van der Waals surface area contributed by atoms with Crippen molar-refractivity contribution in [3.63, 3.8) is 0 Å². The summed E-state index contributed by atoms with van der Waals surface area (Å²) >= 11 is 1.94. The Balaban J connectivity index is 0.000000194. The van der Waals surface area contributed by atoms with Crippen molar-refractivity contribution in [3.05, 3.63) is 40.8 Å². The molecule has 0 saturated carbocycles. The fourth-order valence-corrected chi connectivity index (χ4v) is 2.64. The first kappa shape index (κ1) is 15.3. The number of rotatable bonds is 1. The highest BCUT2D eigenvalue weighted by Crippen LogP contribution is 2.25. The number of benzene rings is 1. The van der Waals surface area contributed by atoms with E-state index in [1.807, 2.05) is 30.3 Å². The Morgan fingerprint density at radius 2 is 1.67 bits per heavy atom. The quantitative estimate of drug-likeness (QED) is 0.768. The number of hydrogen-bond acceptors (Lipinski definition) is 6. The average Bonchev–Trinajstić information content (AvgIpc) is 2.97. The second-order valence-electron chi connectivity index (χ2n) is 3.89. The molecule has 0 unspecified atom stereocenters. The van der Waals surface area contributed by atoms with Crippen molar-refractivity contribution in [1.29, 1.82) is 0 Å². The van der Waals surface area contributed by atoms with Gasteiger partial charge in [0.05, 0.1) is 10.7 Å². The van der Waals surface area contributed by atoms with Crippen molar-refractivity contribution >= 4 is 51.9 Å². The number of carbonyl (C=O) groups excluding carboxylic acids is 4. The summed E-state index contributed by atoms with van der Waals surface area (Å²) in [5.41, 5.74) is 0.917. The van der Waals surface area contributed by atoms with E-state index >= 15 is 0 Å². The van der Waals surface area contributed by atoms with E-state index in [0.29, 0.717) is 10.7 Å². The lowest BCUT2D eigenvalue weighted by molar-refractivity contribution is -0.117.